The number of pyridine rings is 1. The van der Waals surface area contributed by atoms with Gasteiger partial charge in [-0.15, -0.1) is 10.2 Å². The predicted molar refractivity (Wildman–Crippen MR) is 150 cm³/mol. The minimum Gasteiger partial charge on any atom is -0.384 e. The smallest absolute Gasteiger partial charge is 0.273 e. The Kier molecular flexibility index (Phi) is 8.48. The summed E-state index contributed by atoms with van der Waals surface area (Å²) in [6.45, 7) is 5.27. The van der Waals surface area contributed by atoms with E-state index in [1.54, 1.807) is 47.9 Å². The van der Waals surface area contributed by atoms with E-state index in [0.29, 0.717) is 36.9 Å². The first-order valence-electron chi connectivity index (χ1n) is 13.9. The van der Waals surface area contributed by atoms with Gasteiger partial charge < -0.3 is 15.7 Å². The number of aromatic nitrogens is 7. The van der Waals surface area contributed by atoms with Gasteiger partial charge in [-0.2, -0.15) is 0 Å². The van der Waals surface area contributed by atoms with Crippen molar-refractivity contribution in [2.24, 2.45) is 0 Å². The molecule has 41 heavy (non-hydrogen) atoms. The van der Waals surface area contributed by atoms with Crippen LogP contribution in [-0.4, -0.2) is 51.9 Å². The van der Waals surface area contributed by atoms with Gasteiger partial charge >= 0.3 is 0 Å². The zero-order chi connectivity index (χ0) is 28.8. The number of nitrogens with one attached hydrogen (secondary N) is 2. The molecule has 1 saturated carbocycles. The van der Waals surface area contributed by atoms with Crippen LogP contribution in [0, 0.1) is 0 Å². The second-order valence-corrected chi connectivity index (χ2v) is 10.9. The predicted octanol–water partition coefficient (Wildman–Crippen LogP) is 2.71. The van der Waals surface area contributed by atoms with E-state index >= 15 is 0 Å². The Bertz CT molecular complexity index is 1480. The number of nitrogens with zero attached hydrogens (tertiary/aromatic N) is 7. The highest BCUT2D eigenvalue weighted by Crippen LogP contribution is 2.40. The maximum Gasteiger partial charge on any atom is 0.273 e. The van der Waals surface area contributed by atoms with Crippen LogP contribution < -0.4 is 10.6 Å². The zero-order valence-corrected chi connectivity index (χ0v) is 23.3. The summed E-state index contributed by atoms with van der Waals surface area (Å²) in [4.78, 5) is 29.2. The summed E-state index contributed by atoms with van der Waals surface area (Å²) in [7, 11) is 0. The highest BCUT2D eigenvalue weighted by atomic mass is 16.3. The van der Waals surface area contributed by atoms with Crippen LogP contribution in [0.5, 0.6) is 0 Å². The van der Waals surface area contributed by atoms with Gasteiger partial charge in [-0.3, -0.25) is 23.9 Å². The first-order chi connectivity index (χ1) is 19.7. The molecule has 0 saturated heterocycles. The molecule has 3 aromatic heterocycles. The van der Waals surface area contributed by atoms with Gasteiger partial charge in [0.2, 0.25) is 0 Å². The number of aliphatic hydroxyl groups is 1. The number of benzene rings is 1. The van der Waals surface area contributed by atoms with Gasteiger partial charge in [-0.1, -0.05) is 40.8 Å². The molecule has 12 heteroatoms. The van der Waals surface area contributed by atoms with Crippen molar-refractivity contribution in [2.75, 3.05) is 0 Å². The fraction of sp³-hybridized carbons (Fsp3) is 0.414. The van der Waals surface area contributed by atoms with Crippen molar-refractivity contribution in [2.45, 2.75) is 77.2 Å². The molecule has 3 N–H and O–H groups in total. The quantitative estimate of drug-likeness (QED) is 0.212. The van der Waals surface area contributed by atoms with Crippen molar-refractivity contribution < 1.29 is 14.7 Å². The third-order valence-corrected chi connectivity index (χ3v) is 6.92. The molecule has 4 aromatic rings. The molecule has 214 valence electrons. The van der Waals surface area contributed by atoms with Crippen LogP contribution in [0.25, 0.3) is 0 Å². The average molecular weight is 558 g/mol. The fourth-order valence-electron chi connectivity index (χ4n) is 4.38. The normalized spacial score (nSPS) is 13.2. The van der Waals surface area contributed by atoms with Crippen LogP contribution in [0.1, 0.15) is 88.8 Å². The molecular weight excluding hydrogens is 522 g/mol. The summed E-state index contributed by atoms with van der Waals surface area (Å²) in [5.41, 5.74) is 3.31. The van der Waals surface area contributed by atoms with Crippen molar-refractivity contribution in [3.63, 3.8) is 0 Å². The zero-order valence-electron chi connectivity index (χ0n) is 23.3. The summed E-state index contributed by atoms with van der Waals surface area (Å²) >= 11 is 0. The van der Waals surface area contributed by atoms with Gasteiger partial charge in [0.1, 0.15) is 5.60 Å². The monoisotopic (exact) mass is 557 g/mol. The lowest BCUT2D eigenvalue weighted by atomic mass is 10.0. The minimum absolute atomic E-state index is 0.234. The lowest BCUT2D eigenvalue weighted by molar-refractivity contribution is 0.0737. The molecule has 0 radical (unpaired) electrons. The van der Waals surface area contributed by atoms with Crippen molar-refractivity contribution in [3.05, 3.63) is 88.8 Å². The van der Waals surface area contributed by atoms with Crippen molar-refractivity contribution in [1.82, 2.24) is 45.6 Å². The van der Waals surface area contributed by atoms with Crippen molar-refractivity contribution in [1.29, 1.82) is 0 Å². The molecule has 0 aliphatic heterocycles. The van der Waals surface area contributed by atoms with E-state index in [1.807, 2.05) is 18.2 Å². The van der Waals surface area contributed by atoms with E-state index in [4.69, 9.17) is 0 Å². The van der Waals surface area contributed by atoms with Gasteiger partial charge in [0.05, 0.1) is 18.1 Å². The first-order valence-corrected chi connectivity index (χ1v) is 13.9. The van der Waals surface area contributed by atoms with E-state index in [0.717, 1.165) is 24.0 Å². The average Bonchev–Trinajstić information content (AvgIpc) is 3.52. The third kappa shape index (κ3) is 7.82. The SMILES string of the molecule is CC(C)(O)c1ccc(CNC(=O)c2cn(CCCCn3cc(C(=O)NCc4cccc(C5CC5)c4)nn3)nn2)cn1. The van der Waals surface area contributed by atoms with Crippen LogP contribution in [0.3, 0.4) is 0 Å². The number of carbonyl (C=O) groups is 2. The number of unbranched alkanes of at least 4 members (excludes halogenated alkanes) is 1. The van der Waals surface area contributed by atoms with Gasteiger partial charge in [0.25, 0.3) is 11.8 Å². The molecule has 0 spiro atoms. The summed E-state index contributed by atoms with van der Waals surface area (Å²) in [6.07, 6.45) is 8.96. The van der Waals surface area contributed by atoms with Gasteiger partial charge in [0.15, 0.2) is 11.4 Å². The van der Waals surface area contributed by atoms with Crippen LogP contribution in [0.2, 0.25) is 0 Å². The molecule has 1 fully saturated rings. The van der Waals surface area contributed by atoms with E-state index in [1.165, 1.54) is 18.4 Å². The molecule has 1 aliphatic carbocycles. The highest BCUT2D eigenvalue weighted by molar-refractivity contribution is 5.92. The second-order valence-electron chi connectivity index (χ2n) is 10.9. The van der Waals surface area contributed by atoms with Crippen LogP contribution in [-0.2, 0) is 31.8 Å². The fourth-order valence-corrected chi connectivity index (χ4v) is 4.38. The summed E-state index contributed by atoms with van der Waals surface area (Å²) < 4.78 is 3.29. The molecule has 3 heterocycles. The van der Waals surface area contributed by atoms with Crippen molar-refractivity contribution in [3.8, 4) is 0 Å². The Morgan fingerprint density at radius 1 is 0.902 bits per heavy atom. The lowest BCUT2D eigenvalue weighted by Crippen LogP contribution is -2.23. The number of carbonyl (C=O) groups excluding carboxylic acids is 2. The standard InChI is InChI=1S/C29H35N9O3/c1-29(2,41)26-11-8-21(16-30-26)17-32-28(40)25-19-38(36-34-25)13-4-3-12-37-18-24(33-35-37)27(39)31-15-20-6-5-7-23(14-20)22-9-10-22/h5-8,11,14,16,18-19,22,41H,3-4,9-10,12-13,15,17H2,1-2H3,(H,31,39)(H,32,40). The molecule has 12 nitrogen and oxygen atoms in total. The Morgan fingerprint density at radius 3 is 2.05 bits per heavy atom. The summed E-state index contributed by atoms with van der Waals surface area (Å²) in [5.74, 6) is 0.103. The Labute approximate surface area is 238 Å². The highest BCUT2D eigenvalue weighted by Gasteiger charge is 2.23. The molecule has 5 rings (SSSR count). The molecule has 1 aromatic carbocycles. The number of amides is 2. The maximum atomic E-state index is 12.5. The lowest BCUT2D eigenvalue weighted by Gasteiger charge is -2.16. The van der Waals surface area contributed by atoms with Crippen LogP contribution in [0.15, 0.2) is 55.0 Å². The van der Waals surface area contributed by atoms with Gasteiger partial charge in [-0.05, 0) is 68.2 Å². The Hall–Kier alpha value is -4.45. The van der Waals surface area contributed by atoms with E-state index in [2.05, 4.69) is 48.4 Å². The van der Waals surface area contributed by atoms with Crippen LogP contribution in [0.4, 0.5) is 0 Å². The Balaban J connectivity index is 1.01. The summed E-state index contributed by atoms with van der Waals surface area (Å²) in [5, 5.41) is 31.8. The number of aryl methyl sites for hydroxylation is 2. The molecular formula is C29H35N9O3. The first kappa shape index (κ1) is 28.1. The van der Waals surface area contributed by atoms with E-state index in [9.17, 15) is 14.7 Å². The molecule has 0 atom stereocenters. The Morgan fingerprint density at radius 2 is 1.51 bits per heavy atom. The van der Waals surface area contributed by atoms with Gasteiger partial charge in [-0.25, -0.2) is 0 Å². The minimum atomic E-state index is -1.02. The number of rotatable bonds is 13. The summed E-state index contributed by atoms with van der Waals surface area (Å²) in [6, 6.07) is 11.9. The molecule has 0 unspecified atom stereocenters. The van der Waals surface area contributed by atoms with Gasteiger partial charge in [0, 0.05) is 32.4 Å². The third-order valence-electron chi connectivity index (χ3n) is 6.92. The van der Waals surface area contributed by atoms with Crippen LogP contribution >= 0.6 is 0 Å². The molecule has 0 bridgehead atoms. The largest absolute Gasteiger partial charge is 0.384 e. The van der Waals surface area contributed by atoms with Crippen molar-refractivity contribution >= 4 is 11.8 Å². The second kappa shape index (κ2) is 12.4. The maximum absolute atomic E-state index is 12.5. The van der Waals surface area contributed by atoms with E-state index in [-0.39, 0.29) is 24.1 Å². The number of hydrogen-bond acceptors (Lipinski definition) is 8. The molecule has 2 amide bonds. The molecule has 1 aliphatic rings. The number of hydrogen-bond donors (Lipinski definition) is 3. The van der Waals surface area contributed by atoms with E-state index < -0.39 is 5.60 Å². The topological polar surface area (TPSA) is 153 Å².